The number of aryl methyl sites for hydroxylation is 1. The third-order valence-corrected chi connectivity index (χ3v) is 4.55. The van der Waals surface area contributed by atoms with Gasteiger partial charge in [-0.2, -0.15) is 14.4 Å². The molecule has 2 N–H and O–H groups in total. The van der Waals surface area contributed by atoms with Gasteiger partial charge < -0.3 is 24.5 Å². The van der Waals surface area contributed by atoms with Gasteiger partial charge in [0.1, 0.15) is 17.9 Å². The summed E-state index contributed by atoms with van der Waals surface area (Å²) in [6, 6.07) is 4.86. The van der Waals surface area contributed by atoms with Crippen LogP contribution in [0.15, 0.2) is 30.6 Å². The van der Waals surface area contributed by atoms with E-state index in [4.69, 9.17) is 26.4 Å². The zero-order valence-corrected chi connectivity index (χ0v) is 16.7. The number of anilines is 1. The van der Waals surface area contributed by atoms with Gasteiger partial charge in [0, 0.05) is 32.2 Å². The Kier molecular flexibility index (Phi) is 6.45. The Morgan fingerprint density at radius 2 is 2.09 bits per heavy atom. The second-order valence-electron chi connectivity index (χ2n) is 6.47. The van der Waals surface area contributed by atoms with E-state index in [0.717, 1.165) is 0 Å². The van der Waals surface area contributed by atoms with E-state index in [-0.39, 0.29) is 48.0 Å². The molecule has 0 radical (unpaired) electrons. The van der Waals surface area contributed by atoms with E-state index < -0.39 is 22.8 Å². The molecule has 1 unspecified atom stereocenters. The summed E-state index contributed by atoms with van der Waals surface area (Å²) in [5.74, 6) is 2.39. The lowest BCUT2D eigenvalue weighted by Gasteiger charge is -2.26. The Morgan fingerprint density at radius 1 is 1.38 bits per heavy atom. The van der Waals surface area contributed by atoms with Crippen LogP contribution in [0.2, 0.25) is 0 Å². The van der Waals surface area contributed by atoms with Crippen molar-refractivity contribution in [3.05, 3.63) is 46.8 Å². The number of carbonyl (C=O) groups is 1. The number of non-ortho nitro benzene ring substituents is 1. The number of hydrogen-bond acceptors (Lipinski definition) is 10. The number of nitrogen functional groups attached to an aromatic ring is 1. The summed E-state index contributed by atoms with van der Waals surface area (Å²) in [7, 11) is 1.34. The van der Waals surface area contributed by atoms with Crippen LogP contribution in [0, 0.1) is 28.5 Å². The van der Waals surface area contributed by atoms with Crippen molar-refractivity contribution in [2.24, 2.45) is 0 Å². The maximum atomic E-state index is 13.5. The number of nitro benzene ring substituents is 1. The van der Waals surface area contributed by atoms with Crippen molar-refractivity contribution in [2.75, 3.05) is 19.5 Å². The molecule has 0 spiro atoms. The summed E-state index contributed by atoms with van der Waals surface area (Å²) < 4.78 is 30.4. The van der Waals surface area contributed by atoms with E-state index in [1.807, 2.05) is 0 Å². The molecule has 3 aromatic rings. The molecule has 13 heteroatoms. The summed E-state index contributed by atoms with van der Waals surface area (Å²) in [6.07, 6.45) is 5.07. The van der Waals surface area contributed by atoms with Gasteiger partial charge in [0.05, 0.1) is 11.3 Å². The molecule has 166 valence electrons. The maximum Gasteiger partial charge on any atom is 0.513 e. The number of nitrogens with zero attached hydrogens (tertiary/aromatic N) is 5. The van der Waals surface area contributed by atoms with Crippen molar-refractivity contribution in [3.8, 4) is 18.1 Å². The molecule has 2 heterocycles. The van der Waals surface area contributed by atoms with Gasteiger partial charge in [-0.15, -0.1) is 6.42 Å². The number of terminal acetylenes is 1. The molecule has 0 saturated carbocycles. The lowest BCUT2D eigenvalue weighted by atomic mass is 10.0. The fraction of sp³-hybridized carbons (Fsp3) is 0.263. The molecule has 0 bridgehead atoms. The second kappa shape index (κ2) is 9.23. The van der Waals surface area contributed by atoms with Gasteiger partial charge in [-0.05, 0) is 12.1 Å². The van der Waals surface area contributed by atoms with Crippen LogP contribution in [0.1, 0.15) is 6.42 Å². The average molecular weight is 444 g/mol. The number of aromatic nitrogens is 4. The highest BCUT2D eigenvalue weighted by atomic mass is 19.1. The zero-order chi connectivity index (χ0) is 23.3. The van der Waals surface area contributed by atoms with Crippen LogP contribution in [0.3, 0.4) is 0 Å². The molecule has 0 aliphatic heterocycles. The summed E-state index contributed by atoms with van der Waals surface area (Å²) in [6.45, 7) is -0.172. The van der Waals surface area contributed by atoms with Crippen LogP contribution in [0.4, 0.5) is 20.7 Å². The van der Waals surface area contributed by atoms with Gasteiger partial charge in [-0.3, -0.25) is 10.1 Å². The summed E-state index contributed by atoms with van der Waals surface area (Å²) >= 11 is 0. The Bertz CT molecular complexity index is 1190. The van der Waals surface area contributed by atoms with Crippen molar-refractivity contribution in [2.45, 2.75) is 18.6 Å². The SMILES string of the molecule is C#CC(CCn1cnc2c(N)nc(F)nc21)(COC(=O)Oc1ccc([N+](=O)[O-])cc1)OC. The van der Waals surface area contributed by atoms with E-state index in [0.29, 0.717) is 0 Å². The molecule has 0 aliphatic carbocycles. The van der Waals surface area contributed by atoms with Gasteiger partial charge in [-0.1, -0.05) is 5.92 Å². The fourth-order valence-corrected chi connectivity index (χ4v) is 2.75. The molecule has 0 saturated heterocycles. The molecule has 1 atom stereocenters. The number of benzene rings is 1. The van der Waals surface area contributed by atoms with Crippen LogP contribution in [0.25, 0.3) is 11.2 Å². The normalized spacial score (nSPS) is 12.7. The maximum absolute atomic E-state index is 13.5. The minimum Gasteiger partial charge on any atom is -0.430 e. The zero-order valence-electron chi connectivity index (χ0n) is 16.7. The van der Waals surface area contributed by atoms with Gasteiger partial charge in [0.15, 0.2) is 17.1 Å². The molecule has 0 fully saturated rings. The van der Waals surface area contributed by atoms with Crippen LogP contribution in [-0.4, -0.2) is 49.9 Å². The monoisotopic (exact) mass is 444 g/mol. The largest absolute Gasteiger partial charge is 0.513 e. The molecule has 2 aromatic heterocycles. The molecular formula is C19H17FN6O6. The number of ether oxygens (including phenoxy) is 3. The average Bonchev–Trinajstić information content (AvgIpc) is 3.18. The van der Waals surface area contributed by atoms with Crippen LogP contribution in [-0.2, 0) is 16.0 Å². The summed E-state index contributed by atoms with van der Waals surface area (Å²) in [5.41, 5.74) is 4.57. The lowest BCUT2D eigenvalue weighted by molar-refractivity contribution is -0.384. The van der Waals surface area contributed by atoms with Gasteiger partial charge in [0.25, 0.3) is 5.69 Å². The predicted molar refractivity (Wildman–Crippen MR) is 108 cm³/mol. The highest BCUT2D eigenvalue weighted by Gasteiger charge is 2.30. The highest BCUT2D eigenvalue weighted by Crippen LogP contribution is 2.22. The Balaban J connectivity index is 1.63. The number of rotatable bonds is 8. The molecule has 3 rings (SSSR count). The van der Waals surface area contributed by atoms with E-state index in [1.165, 1.54) is 42.3 Å². The molecule has 1 aromatic carbocycles. The number of hydrogen-bond donors (Lipinski definition) is 1. The Morgan fingerprint density at radius 3 is 2.72 bits per heavy atom. The third-order valence-electron chi connectivity index (χ3n) is 4.55. The van der Waals surface area contributed by atoms with E-state index in [2.05, 4.69) is 20.9 Å². The van der Waals surface area contributed by atoms with Crippen molar-refractivity contribution >= 4 is 28.8 Å². The first-order chi connectivity index (χ1) is 15.3. The number of carbonyl (C=O) groups excluding carboxylic acids is 1. The first-order valence-electron chi connectivity index (χ1n) is 9.03. The second-order valence-corrected chi connectivity index (χ2v) is 6.47. The standard InChI is InChI=1S/C19H17FN6O6/c1-3-19(30-2,8-9-25-11-22-14-15(21)23-17(20)24-16(14)25)10-31-18(27)32-13-6-4-12(5-7-13)26(28)29/h1,4-7,11H,8-10H2,2H3,(H2,21,23,24). The number of fused-ring (bicyclic) bond motifs is 1. The molecule has 0 aliphatic rings. The number of halogens is 1. The number of nitrogens with two attached hydrogens (primary N) is 1. The van der Waals surface area contributed by atoms with Crippen molar-refractivity contribution in [1.82, 2.24) is 19.5 Å². The van der Waals surface area contributed by atoms with E-state index in [1.54, 1.807) is 0 Å². The third kappa shape index (κ3) is 4.87. The minimum atomic E-state index is -1.33. The molecule has 32 heavy (non-hydrogen) atoms. The van der Waals surface area contributed by atoms with Gasteiger partial charge >= 0.3 is 12.2 Å². The predicted octanol–water partition coefficient (Wildman–Crippen LogP) is 2.08. The van der Waals surface area contributed by atoms with E-state index >= 15 is 0 Å². The Labute approximate surface area is 180 Å². The summed E-state index contributed by atoms with van der Waals surface area (Å²) in [4.78, 5) is 33.2. The van der Waals surface area contributed by atoms with Crippen LogP contribution < -0.4 is 10.5 Å². The number of nitro groups is 1. The summed E-state index contributed by atoms with van der Waals surface area (Å²) in [5, 5.41) is 10.7. The van der Waals surface area contributed by atoms with Crippen molar-refractivity contribution in [1.29, 1.82) is 0 Å². The van der Waals surface area contributed by atoms with Gasteiger partial charge in [-0.25, -0.2) is 9.78 Å². The molecule has 12 nitrogen and oxygen atoms in total. The van der Waals surface area contributed by atoms with E-state index in [9.17, 15) is 19.3 Å². The highest BCUT2D eigenvalue weighted by molar-refractivity contribution is 5.81. The molecular weight excluding hydrogens is 427 g/mol. The molecule has 0 amide bonds. The number of imidazole rings is 1. The quantitative estimate of drug-likeness (QED) is 0.136. The van der Waals surface area contributed by atoms with Crippen molar-refractivity contribution in [3.63, 3.8) is 0 Å². The first kappa shape index (κ1) is 22.4. The number of methoxy groups -OCH3 is 1. The topological polar surface area (TPSA) is 158 Å². The minimum absolute atomic E-state index is 0.0495. The van der Waals surface area contributed by atoms with Crippen LogP contribution in [0.5, 0.6) is 5.75 Å². The smallest absolute Gasteiger partial charge is 0.430 e. The van der Waals surface area contributed by atoms with Crippen LogP contribution >= 0.6 is 0 Å². The lowest BCUT2D eigenvalue weighted by Crippen LogP contribution is -2.38. The Hall–Kier alpha value is -4.31. The van der Waals surface area contributed by atoms with Crippen molar-refractivity contribution < 1.29 is 28.3 Å². The first-order valence-corrected chi connectivity index (χ1v) is 9.03. The van der Waals surface area contributed by atoms with Gasteiger partial charge in [0.2, 0.25) is 0 Å². The fourth-order valence-electron chi connectivity index (χ4n) is 2.75.